The molecule has 1 saturated heterocycles. The highest BCUT2D eigenvalue weighted by Gasteiger charge is 2.34. The largest absolute Gasteiger partial charge is 0.490 e. The third-order valence-corrected chi connectivity index (χ3v) is 4.04. The van der Waals surface area contributed by atoms with Gasteiger partial charge in [0.15, 0.2) is 5.96 Å². The number of ether oxygens (including phenoxy) is 2. The van der Waals surface area contributed by atoms with E-state index in [9.17, 15) is 5.11 Å². The molecule has 0 bridgehead atoms. The van der Waals surface area contributed by atoms with Gasteiger partial charge in [0.25, 0.3) is 0 Å². The second-order valence-electron chi connectivity index (χ2n) is 5.94. The van der Waals surface area contributed by atoms with Gasteiger partial charge in [0.1, 0.15) is 12.4 Å². The van der Waals surface area contributed by atoms with Crippen molar-refractivity contribution in [1.29, 1.82) is 0 Å². The zero-order chi connectivity index (χ0) is 17.1. The highest BCUT2D eigenvalue weighted by atomic mass is 127. The standard InChI is InChI=1S/C17H28N4O3.HI/c1-2-19-16(20-8-11-24-15-4-3-7-18-12-15)21-13-17(5-9-22)6-10-23-14-17;/h3-4,7,12,22H,2,5-6,8-11,13-14H2,1H3,(H2,19,20,21);1H. The van der Waals surface area contributed by atoms with Crippen molar-refractivity contribution in [2.24, 2.45) is 10.4 Å². The molecule has 2 heterocycles. The second kappa shape index (κ2) is 12.3. The molecule has 0 saturated carbocycles. The fourth-order valence-electron chi connectivity index (χ4n) is 2.65. The Morgan fingerprint density at radius 1 is 1.48 bits per heavy atom. The molecule has 8 heteroatoms. The first-order chi connectivity index (χ1) is 11.8. The van der Waals surface area contributed by atoms with E-state index in [0.29, 0.717) is 26.3 Å². The van der Waals surface area contributed by atoms with E-state index in [-0.39, 0.29) is 36.0 Å². The summed E-state index contributed by atoms with van der Waals surface area (Å²) in [6.45, 7) is 6.22. The van der Waals surface area contributed by atoms with Gasteiger partial charge in [-0.05, 0) is 31.9 Å². The van der Waals surface area contributed by atoms with Gasteiger partial charge in [-0.25, -0.2) is 0 Å². The van der Waals surface area contributed by atoms with E-state index in [1.54, 1.807) is 12.4 Å². The lowest BCUT2D eigenvalue weighted by atomic mass is 9.84. The summed E-state index contributed by atoms with van der Waals surface area (Å²) in [7, 11) is 0. The Balaban J connectivity index is 0.00000312. The normalized spacial score (nSPS) is 20.0. The minimum absolute atomic E-state index is 0. The molecule has 1 unspecified atom stereocenters. The van der Waals surface area contributed by atoms with E-state index >= 15 is 0 Å². The number of aliphatic hydroxyl groups is 1. The Hall–Kier alpha value is -1.13. The van der Waals surface area contributed by atoms with E-state index < -0.39 is 0 Å². The summed E-state index contributed by atoms with van der Waals surface area (Å²) in [5.41, 5.74) is -0.0384. The van der Waals surface area contributed by atoms with E-state index in [1.807, 2.05) is 19.1 Å². The van der Waals surface area contributed by atoms with Crippen LogP contribution in [0.4, 0.5) is 0 Å². The zero-order valence-corrected chi connectivity index (χ0v) is 17.1. The minimum Gasteiger partial charge on any atom is -0.490 e. The quantitative estimate of drug-likeness (QED) is 0.222. The van der Waals surface area contributed by atoms with Gasteiger partial charge < -0.3 is 25.2 Å². The maximum atomic E-state index is 9.29. The van der Waals surface area contributed by atoms with Crippen molar-refractivity contribution < 1.29 is 14.6 Å². The number of hydrogen-bond acceptors (Lipinski definition) is 5. The second-order valence-corrected chi connectivity index (χ2v) is 5.94. The molecule has 0 radical (unpaired) electrons. The minimum atomic E-state index is -0.0384. The van der Waals surface area contributed by atoms with E-state index in [1.165, 1.54) is 0 Å². The van der Waals surface area contributed by atoms with E-state index in [4.69, 9.17) is 9.47 Å². The van der Waals surface area contributed by atoms with Crippen LogP contribution in [0, 0.1) is 5.41 Å². The Kier molecular flexibility index (Phi) is 10.7. The Bertz CT molecular complexity index is 496. The molecule has 1 aromatic heterocycles. The third kappa shape index (κ3) is 7.74. The first kappa shape index (κ1) is 21.9. The topological polar surface area (TPSA) is 88.0 Å². The lowest BCUT2D eigenvalue weighted by Crippen LogP contribution is -2.40. The van der Waals surface area contributed by atoms with Crippen molar-refractivity contribution in [2.45, 2.75) is 19.8 Å². The van der Waals surface area contributed by atoms with Crippen LogP contribution in [0.3, 0.4) is 0 Å². The van der Waals surface area contributed by atoms with Crippen LogP contribution in [0.5, 0.6) is 5.75 Å². The molecule has 7 nitrogen and oxygen atoms in total. The van der Waals surface area contributed by atoms with Crippen molar-refractivity contribution in [1.82, 2.24) is 15.6 Å². The average molecular weight is 464 g/mol. The molecule has 0 aromatic carbocycles. The molecule has 1 fully saturated rings. The van der Waals surface area contributed by atoms with Crippen LogP contribution in [-0.2, 0) is 4.74 Å². The summed E-state index contributed by atoms with van der Waals surface area (Å²) in [6.07, 6.45) is 5.08. The molecule has 1 aliphatic rings. The predicted octanol–water partition coefficient (Wildman–Crippen LogP) is 1.42. The fourth-order valence-corrected chi connectivity index (χ4v) is 2.65. The molecular weight excluding hydrogens is 435 g/mol. The number of aliphatic hydroxyl groups excluding tert-OH is 1. The molecule has 0 spiro atoms. The first-order valence-electron chi connectivity index (χ1n) is 8.52. The molecule has 142 valence electrons. The van der Waals surface area contributed by atoms with Crippen molar-refractivity contribution >= 4 is 29.9 Å². The third-order valence-electron chi connectivity index (χ3n) is 4.04. The number of aromatic nitrogens is 1. The van der Waals surface area contributed by atoms with Crippen molar-refractivity contribution in [3.05, 3.63) is 24.5 Å². The smallest absolute Gasteiger partial charge is 0.191 e. The highest BCUT2D eigenvalue weighted by molar-refractivity contribution is 14.0. The summed E-state index contributed by atoms with van der Waals surface area (Å²) >= 11 is 0. The van der Waals surface area contributed by atoms with E-state index in [2.05, 4.69) is 20.6 Å². The van der Waals surface area contributed by atoms with Gasteiger partial charge in [-0.15, -0.1) is 24.0 Å². The van der Waals surface area contributed by atoms with Gasteiger partial charge in [-0.2, -0.15) is 0 Å². The van der Waals surface area contributed by atoms with Gasteiger partial charge >= 0.3 is 0 Å². The fraction of sp³-hybridized carbons (Fsp3) is 0.647. The Morgan fingerprint density at radius 2 is 2.36 bits per heavy atom. The molecule has 1 aliphatic heterocycles. The molecule has 0 amide bonds. The molecular formula is C17H29IN4O3. The number of pyridine rings is 1. The monoisotopic (exact) mass is 464 g/mol. The van der Waals surface area contributed by atoms with Gasteiger partial charge in [0.05, 0.1) is 25.9 Å². The summed E-state index contributed by atoms with van der Waals surface area (Å²) < 4.78 is 11.1. The van der Waals surface area contributed by atoms with Crippen LogP contribution >= 0.6 is 24.0 Å². The summed E-state index contributed by atoms with van der Waals surface area (Å²) in [4.78, 5) is 8.68. The van der Waals surface area contributed by atoms with Gasteiger partial charge in [0.2, 0.25) is 0 Å². The first-order valence-corrected chi connectivity index (χ1v) is 8.52. The number of guanidine groups is 1. The van der Waals surface area contributed by atoms with Crippen molar-refractivity contribution in [3.8, 4) is 5.75 Å². The van der Waals surface area contributed by atoms with Crippen LogP contribution in [0.25, 0.3) is 0 Å². The number of nitrogens with zero attached hydrogens (tertiary/aromatic N) is 2. The molecule has 2 rings (SSSR count). The summed E-state index contributed by atoms with van der Waals surface area (Å²) in [6, 6.07) is 3.73. The molecule has 25 heavy (non-hydrogen) atoms. The summed E-state index contributed by atoms with van der Waals surface area (Å²) in [5, 5.41) is 15.8. The average Bonchev–Trinajstić information content (AvgIpc) is 3.06. The van der Waals surface area contributed by atoms with Crippen molar-refractivity contribution in [2.75, 3.05) is 46.1 Å². The number of nitrogens with one attached hydrogen (secondary N) is 2. The van der Waals surface area contributed by atoms with Crippen LogP contribution in [0.2, 0.25) is 0 Å². The molecule has 1 aromatic rings. The van der Waals surface area contributed by atoms with Crippen molar-refractivity contribution in [3.63, 3.8) is 0 Å². The SMILES string of the molecule is CCNC(=NCC1(CCO)CCOC1)NCCOc1cccnc1.I. The number of halogens is 1. The van der Waals surface area contributed by atoms with Crippen LogP contribution in [0.1, 0.15) is 19.8 Å². The molecule has 0 aliphatic carbocycles. The van der Waals surface area contributed by atoms with E-state index in [0.717, 1.165) is 37.7 Å². The van der Waals surface area contributed by atoms with Crippen LogP contribution in [-0.4, -0.2) is 62.1 Å². The zero-order valence-electron chi connectivity index (χ0n) is 14.7. The highest BCUT2D eigenvalue weighted by Crippen LogP contribution is 2.32. The van der Waals surface area contributed by atoms with Gasteiger partial charge in [0, 0.05) is 31.4 Å². The Labute approximate surface area is 166 Å². The maximum absolute atomic E-state index is 9.29. The predicted molar refractivity (Wildman–Crippen MR) is 109 cm³/mol. The molecule has 1 atom stereocenters. The Morgan fingerprint density at radius 3 is 3.00 bits per heavy atom. The lowest BCUT2D eigenvalue weighted by molar-refractivity contribution is 0.131. The number of hydrogen-bond donors (Lipinski definition) is 3. The van der Waals surface area contributed by atoms with Crippen LogP contribution in [0.15, 0.2) is 29.5 Å². The van der Waals surface area contributed by atoms with Gasteiger partial charge in [-0.3, -0.25) is 9.98 Å². The van der Waals surface area contributed by atoms with Crippen LogP contribution < -0.4 is 15.4 Å². The maximum Gasteiger partial charge on any atom is 0.191 e. The van der Waals surface area contributed by atoms with Gasteiger partial charge in [-0.1, -0.05) is 0 Å². The molecule has 3 N–H and O–H groups in total. The number of rotatable bonds is 9. The summed E-state index contributed by atoms with van der Waals surface area (Å²) in [5.74, 6) is 1.52. The number of aliphatic imine (C=N–C) groups is 1. The lowest BCUT2D eigenvalue weighted by Gasteiger charge is -2.24.